The van der Waals surface area contributed by atoms with Crippen LogP contribution in [0.4, 0.5) is 0 Å². The Morgan fingerprint density at radius 2 is 0.549 bits per heavy atom. The molecule has 0 aliphatic heterocycles. The molecule has 0 radical (unpaired) electrons. The van der Waals surface area contributed by atoms with Gasteiger partial charge in [-0.3, -0.25) is 14.4 Å². The van der Waals surface area contributed by atoms with Gasteiger partial charge >= 0.3 is 17.9 Å². The molecule has 0 saturated carbocycles. The Bertz CT molecular complexity index is 1460. The van der Waals surface area contributed by atoms with Crippen molar-refractivity contribution in [2.75, 3.05) is 13.2 Å². The van der Waals surface area contributed by atoms with Crippen LogP contribution in [0.3, 0.4) is 0 Å². The third kappa shape index (κ3) is 56.9. The van der Waals surface area contributed by atoms with Crippen LogP contribution in [0.5, 0.6) is 0 Å². The van der Waals surface area contributed by atoms with Gasteiger partial charge in [0.1, 0.15) is 13.2 Å². The average Bonchev–Trinajstić information content (AvgIpc) is 3.37. The van der Waals surface area contributed by atoms with Gasteiger partial charge in [0.15, 0.2) is 6.10 Å². The van der Waals surface area contributed by atoms with E-state index in [2.05, 4.69) is 130 Å². The molecule has 0 spiro atoms. The minimum Gasteiger partial charge on any atom is -0.462 e. The van der Waals surface area contributed by atoms with Crippen molar-refractivity contribution >= 4 is 17.9 Å². The van der Waals surface area contributed by atoms with E-state index in [4.69, 9.17) is 14.2 Å². The highest BCUT2D eigenvalue weighted by Gasteiger charge is 2.19. The van der Waals surface area contributed by atoms with Crippen molar-refractivity contribution in [1.29, 1.82) is 0 Å². The SMILES string of the molecule is CC/C=C\C/C=C\C/C=C\C/C=C\C/C=C\C/C=C\CCCCCCCCCCCCC(=O)OCC(COC(=O)CCCCCCCCC)OC(=O)CCCCCCCCC/C=C\C/C=C\C/C=C\CC. The van der Waals surface area contributed by atoms with Crippen molar-refractivity contribution in [3.05, 3.63) is 109 Å². The van der Waals surface area contributed by atoms with Gasteiger partial charge in [-0.15, -0.1) is 0 Å². The fourth-order valence-electron chi connectivity index (χ4n) is 7.93. The second-order valence-corrected chi connectivity index (χ2v) is 19.1. The largest absolute Gasteiger partial charge is 0.462 e. The molecule has 0 aliphatic rings. The van der Waals surface area contributed by atoms with Crippen molar-refractivity contribution in [2.45, 2.75) is 271 Å². The smallest absolute Gasteiger partial charge is 0.306 e. The highest BCUT2D eigenvalue weighted by atomic mass is 16.6. The first kappa shape index (κ1) is 67.1. The third-order valence-electron chi connectivity index (χ3n) is 12.3. The van der Waals surface area contributed by atoms with Crippen molar-refractivity contribution in [3.8, 4) is 0 Å². The maximum atomic E-state index is 12.8. The molecule has 0 aromatic rings. The third-order valence-corrected chi connectivity index (χ3v) is 12.3. The van der Waals surface area contributed by atoms with Gasteiger partial charge in [-0.2, -0.15) is 0 Å². The highest BCUT2D eigenvalue weighted by molar-refractivity contribution is 5.71. The number of rotatable bonds is 52. The summed E-state index contributed by atoms with van der Waals surface area (Å²) in [4.78, 5) is 38.0. The van der Waals surface area contributed by atoms with E-state index in [1.807, 2.05) is 0 Å². The zero-order valence-electron chi connectivity index (χ0n) is 46.2. The number of hydrogen-bond acceptors (Lipinski definition) is 6. The van der Waals surface area contributed by atoms with Gasteiger partial charge < -0.3 is 14.2 Å². The number of hydrogen-bond donors (Lipinski definition) is 0. The van der Waals surface area contributed by atoms with E-state index in [-0.39, 0.29) is 31.1 Å². The Hall–Kier alpha value is -3.93. The second-order valence-electron chi connectivity index (χ2n) is 19.1. The van der Waals surface area contributed by atoms with Crippen LogP contribution >= 0.6 is 0 Å². The first-order valence-corrected chi connectivity index (χ1v) is 29.4. The summed E-state index contributed by atoms with van der Waals surface area (Å²) in [6.45, 7) is 6.36. The lowest BCUT2D eigenvalue weighted by Gasteiger charge is -2.18. The fraction of sp³-hybridized carbons (Fsp3) is 0.677. The molecular weight excluding hydrogens is 877 g/mol. The zero-order chi connectivity index (χ0) is 51.4. The topological polar surface area (TPSA) is 78.9 Å². The lowest BCUT2D eigenvalue weighted by atomic mass is 10.1. The number of esters is 3. The molecule has 0 heterocycles. The maximum Gasteiger partial charge on any atom is 0.306 e. The number of unbranched alkanes of at least 4 members (excludes halogenated alkanes) is 23. The van der Waals surface area contributed by atoms with Crippen LogP contribution in [-0.4, -0.2) is 37.2 Å². The lowest BCUT2D eigenvalue weighted by Crippen LogP contribution is -2.30. The number of carbonyl (C=O) groups is 3. The Kier molecular flexibility index (Phi) is 55.4. The molecule has 404 valence electrons. The first-order valence-electron chi connectivity index (χ1n) is 29.4. The summed E-state index contributed by atoms with van der Waals surface area (Å²) >= 11 is 0. The Balaban J connectivity index is 4.17. The van der Waals surface area contributed by atoms with Gasteiger partial charge in [-0.05, 0) is 103 Å². The first-order chi connectivity index (χ1) is 35.0. The monoisotopic (exact) mass is 985 g/mol. The molecule has 0 bridgehead atoms. The van der Waals surface area contributed by atoms with Crippen LogP contribution in [0.1, 0.15) is 265 Å². The molecule has 0 N–H and O–H groups in total. The Morgan fingerprint density at radius 1 is 0.296 bits per heavy atom. The summed E-state index contributed by atoms with van der Waals surface area (Å²) < 4.78 is 16.8. The molecule has 1 unspecified atom stereocenters. The minimum absolute atomic E-state index is 0.0830. The molecule has 71 heavy (non-hydrogen) atoms. The van der Waals surface area contributed by atoms with Crippen LogP contribution in [-0.2, 0) is 28.6 Å². The maximum absolute atomic E-state index is 12.8. The molecule has 6 nitrogen and oxygen atoms in total. The highest BCUT2D eigenvalue weighted by Crippen LogP contribution is 2.15. The van der Waals surface area contributed by atoms with Crippen molar-refractivity contribution in [1.82, 2.24) is 0 Å². The number of carbonyl (C=O) groups excluding carboxylic acids is 3. The van der Waals surface area contributed by atoms with E-state index >= 15 is 0 Å². The van der Waals surface area contributed by atoms with E-state index in [0.717, 1.165) is 122 Å². The summed E-state index contributed by atoms with van der Waals surface area (Å²) in [6, 6.07) is 0. The van der Waals surface area contributed by atoms with Gasteiger partial charge in [-0.25, -0.2) is 0 Å². The van der Waals surface area contributed by atoms with Gasteiger partial charge in [-0.1, -0.05) is 252 Å². The Morgan fingerprint density at radius 3 is 0.859 bits per heavy atom. The molecular formula is C65H108O6. The minimum atomic E-state index is -0.783. The molecule has 0 fully saturated rings. The molecule has 0 aromatic heterocycles. The van der Waals surface area contributed by atoms with E-state index in [0.29, 0.717) is 19.3 Å². The zero-order valence-corrected chi connectivity index (χ0v) is 46.2. The van der Waals surface area contributed by atoms with Gasteiger partial charge in [0, 0.05) is 19.3 Å². The quantitative estimate of drug-likeness (QED) is 0.0261. The van der Waals surface area contributed by atoms with Crippen LogP contribution < -0.4 is 0 Å². The predicted molar refractivity (Wildman–Crippen MR) is 307 cm³/mol. The second kappa shape index (κ2) is 58.6. The van der Waals surface area contributed by atoms with E-state index < -0.39 is 6.10 Å². The van der Waals surface area contributed by atoms with Gasteiger partial charge in [0.2, 0.25) is 0 Å². The molecule has 1 atom stereocenters. The number of ether oxygens (including phenoxy) is 3. The Labute approximate surface area is 438 Å². The van der Waals surface area contributed by atoms with Crippen LogP contribution in [0.2, 0.25) is 0 Å². The van der Waals surface area contributed by atoms with Crippen LogP contribution in [0.15, 0.2) is 109 Å². The summed E-state index contributed by atoms with van der Waals surface area (Å²) in [5, 5.41) is 0. The van der Waals surface area contributed by atoms with Crippen molar-refractivity contribution in [2.24, 2.45) is 0 Å². The lowest BCUT2D eigenvalue weighted by molar-refractivity contribution is -0.167. The normalized spacial score (nSPS) is 12.9. The average molecular weight is 986 g/mol. The van der Waals surface area contributed by atoms with E-state index in [1.54, 1.807) is 0 Å². The summed E-state index contributed by atoms with van der Waals surface area (Å²) in [5.74, 6) is -0.903. The standard InChI is InChI=1S/C65H108O6/c1-4-7-10-13-16-18-20-22-24-26-27-28-29-30-31-32-33-34-35-36-37-39-40-42-44-46-49-52-55-58-64(67)70-61-62(60-69-63(66)57-54-51-48-15-12-9-6-3)71-65(68)59-56-53-50-47-45-43-41-38-25-23-21-19-17-14-11-8-5-2/h7-8,10-11,16-19,22-25,27-28,30-31,33-34,62H,4-6,9,12-15,20-21,26,29,32,35-61H2,1-3H3/b10-7-,11-8-,18-16-,19-17-,24-22-,25-23-,28-27-,31-30-,34-33-. The molecule has 0 aliphatic carbocycles. The summed E-state index contributed by atoms with van der Waals surface area (Å²) in [6.07, 6.45) is 79.6. The van der Waals surface area contributed by atoms with Gasteiger partial charge in [0.05, 0.1) is 0 Å². The summed E-state index contributed by atoms with van der Waals surface area (Å²) in [5.41, 5.74) is 0. The van der Waals surface area contributed by atoms with E-state index in [1.165, 1.54) is 103 Å². The van der Waals surface area contributed by atoms with Crippen LogP contribution in [0.25, 0.3) is 0 Å². The number of allylic oxidation sites excluding steroid dienone is 18. The molecule has 0 aromatic carbocycles. The van der Waals surface area contributed by atoms with Crippen molar-refractivity contribution < 1.29 is 28.6 Å². The molecule has 0 amide bonds. The van der Waals surface area contributed by atoms with Crippen LogP contribution in [0, 0.1) is 0 Å². The van der Waals surface area contributed by atoms with Crippen molar-refractivity contribution in [3.63, 3.8) is 0 Å². The molecule has 0 saturated heterocycles. The predicted octanol–water partition coefficient (Wildman–Crippen LogP) is 19.9. The fourth-order valence-corrected chi connectivity index (χ4v) is 7.93. The summed E-state index contributed by atoms with van der Waals surface area (Å²) in [7, 11) is 0. The van der Waals surface area contributed by atoms with Gasteiger partial charge in [0.25, 0.3) is 0 Å². The molecule has 6 heteroatoms. The molecule has 0 rings (SSSR count). The van der Waals surface area contributed by atoms with E-state index in [9.17, 15) is 14.4 Å².